The number of halogens is 4. The quantitative estimate of drug-likeness (QED) is 0.763. The van der Waals surface area contributed by atoms with Crippen LogP contribution in [0.5, 0.6) is 0 Å². The van der Waals surface area contributed by atoms with Gasteiger partial charge in [-0.25, -0.2) is 4.39 Å². The van der Waals surface area contributed by atoms with Gasteiger partial charge in [0.05, 0.1) is 5.56 Å². The Morgan fingerprint density at radius 3 is 2.42 bits per heavy atom. The van der Waals surface area contributed by atoms with Crippen molar-refractivity contribution in [1.29, 1.82) is 0 Å². The molecule has 0 aliphatic heterocycles. The summed E-state index contributed by atoms with van der Waals surface area (Å²) in [6, 6.07) is 2.47. The molecule has 0 heterocycles. The van der Waals surface area contributed by atoms with Gasteiger partial charge >= 0.3 is 6.18 Å². The third kappa shape index (κ3) is 3.76. The topological polar surface area (TPSA) is 26.3 Å². The molecule has 0 spiro atoms. The standard InChI is InChI=1S/C13H14F4O2/c1-3-11(18)12(19-4-2)8-5-6-10(14)9(7-8)13(15,16)17/h5-7,12H,3-4H2,1-2H3. The Morgan fingerprint density at radius 2 is 1.95 bits per heavy atom. The van der Waals surface area contributed by atoms with Gasteiger partial charge in [0.25, 0.3) is 0 Å². The SMILES string of the molecule is CCOC(C(=O)CC)c1ccc(F)c(C(F)(F)F)c1. The molecule has 1 aromatic rings. The van der Waals surface area contributed by atoms with Crippen molar-refractivity contribution in [3.8, 4) is 0 Å². The predicted octanol–water partition coefficient (Wildman–Crippen LogP) is 3.90. The van der Waals surface area contributed by atoms with Gasteiger partial charge in [-0.1, -0.05) is 13.0 Å². The summed E-state index contributed by atoms with van der Waals surface area (Å²) >= 11 is 0. The molecule has 106 valence electrons. The second-order valence-corrected chi connectivity index (χ2v) is 3.89. The van der Waals surface area contributed by atoms with Crippen molar-refractivity contribution in [2.75, 3.05) is 6.61 Å². The van der Waals surface area contributed by atoms with Gasteiger partial charge in [0, 0.05) is 13.0 Å². The van der Waals surface area contributed by atoms with Crippen LogP contribution in [-0.2, 0) is 15.7 Å². The molecule has 0 aliphatic carbocycles. The van der Waals surface area contributed by atoms with E-state index in [2.05, 4.69) is 0 Å². The van der Waals surface area contributed by atoms with Crippen LogP contribution in [0.4, 0.5) is 17.6 Å². The Balaban J connectivity index is 3.22. The molecule has 6 heteroatoms. The van der Waals surface area contributed by atoms with E-state index in [-0.39, 0.29) is 24.4 Å². The zero-order valence-corrected chi connectivity index (χ0v) is 10.6. The van der Waals surface area contributed by atoms with Crippen LogP contribution in [0.3, 0.4) is 0 Å². The molecule has 1 atom stereocenters. The van der Waals surface area contributed by atoms with Crippen LogP contribution < -0.4 is 0 Å². The lowest BCUT2D eigenvalue weighted by Crippen LogP contribution is -2.17. The fraction of sp³-hybridized carbons (Fsp3) is 0.462. The highest BCUT2D eigenvalue weighted by Gasteiger charge is 2.35. The van der Waals surface area contributed by atoms with Gasteiger partial charge in [0.1, 0.15) is 11.9 Å². The molecular weight excluding hydrogens is 264 g/mol. The summed E-state index contributed by atoms with van der Waals surface area (Å²) in [5.74, 6) is -1.71. The van der Waals surface area contributed by atoms with E-state index in [1.54, 1.807) is 13.8 Å². The van der Waals surface area contributed by atoms with E-state index < -0.39 is 23.7 Å². The van der Waals surface area contributed by atoms with Gasteiger partial charge in [-0.05, 0) is 24.6 Å². The van der Waals surface area contributed by atoms with E-state index in [1.165, 1.54) is 0 Å². The van der Waals surface area contributed by atoms with Gasteiger partial charge < -0.3 is 4.74 Å². The molecule has 2 nitrogen and oxygen atoms in total. The van der Waals surface area contributed by atoms with Crippen LogP contribution in [0.15, 0.2) is 18.2 Å². The van der Waals surface area contributed by atoms with Gasteiger partial charge in [0.15, 0.2) is 5.78 Å². The van der Waals surface area contributed by atoms with Crippen molar-refractivity contribution >= 4 is 5.78 Å². The molecule has 0 aliphatic rings. The minimum atomic E-state index is -4.80. The van der Waals surface area contributed by atoms with Crippen molar-refractivity contribution in [2.45, 2.75) is 32.5 Å². The molecule has 0 radical (unpaired) electrons. The van der Waals surface area contributed by atoms with Crippen LogP contribution in [-0.4, -0.2) is 12.4 Å². The van der Waals surface area contributed by atoms with Crippen molar-refractivity contribution in [1.82, 2.24) is 0 Å². The Bertz CT molecular complexity index is 454. The first-order valence-corrected chi connectivity index (χ1v) is 5.82. The maximum atomic E-state index is 13.2. The normalized spacial score (nSPS) is 13.4. The molecule has 0 aromatic heterocycles. The largest absolute Gasteiger partial charge is 0.419 e. The molecular formula is C13H14F4O2. The average molecular weight is 278 g/mol. The number of Topliss-reactive ketones (excluding diaryl/α,β-unsaturated/α-hetero) is 1. The minimum absolute atomic E-state index is 0.0161. The number of alkyl halides is 3. The first-order chi connectivity index (χ1) is 8.81. The number of carbonyl (C=O) groups is 1. The van der Waals surface area contributed by atoms with Crippen LogP contribution in [0.25, 0.3) is 0 Å². The predicted molar refractivity (Wildman–Crippen MR) is 61.1 cm³/mol. The summed E-state index contributed by atoms with van der Waals surface area (Å²) in [4.78, 5) is 11.6. The smallest absolute Gasteiger partial charge is 0.366 e. The number of ether oxygens (including phenoxy) is 1. The number of benzene rings is 1. The number of ketones is 1. The fourth-order valence-electron chi connectivity index (χ4n) is 1.65. The Morgan fingerprint density at radius 1 is 1.32 bits per heavy atom. The second-order valence-electron chi connectivity index (χ2n) is 3.89. The zero-order chi connectivity index (χ0) is 14.6. The van der Waals surface area contributed by atoms with Gasteiger partial charge in [0.2, 0.25) is 0 Å². The van der Waals surface area contributed by atoms with Gasteiger partial charge in [-0.15, -0.1) is 0 Å². The molecule has 0 fully saturated rings. The van der Waals surface area contributed by atoms with E-state index in [0.29, 0.717) is 12.1 Å². The molecule has 1 unspecified atom stereocenters. The number of carbonyl (C=O) groups excluding carboxylic acids is 1. The van der Waals surface area contributed by atoms with Crippen LogP contribution >= 0.6 is 0 Å². The third-order valence-corrected chi connectivity index (χ3v) is 2.57. The van der Waals surface area contributed by atoms with Gasteiger partial charge in [-0.2, -0.15) is 13.2 Å². The van der Waals surface area contributed by atoms with E-state index in [4.69, 9.17) is 4.74 Å². The molecule has 0 amide bonds. The first kappa shape index (κ1) is 15.6. The van der Waals surface area contributed by atoms with Crippen LogP contribution in [0, 0.1) is 5.82 Å². The molecule has 1 aromatic carbocycles. The molecule has 19 heavy (non-hydrogen) atoms. The summed E-state index contributed by atoms with van der Waals surface area (Å²) < 4.78 is 56.1. The lowest BCUT2D eigenvalue weighted by molar-refractivity contribution is -0.140. The maximum Gasteiger partial charge on any atom is 0.419 e. The summed E-state index contributed by atoms with van der Waals surface area (Å²) in [5.41, 5.74) is -1.37. The van der Waals surface area contributed by atoms with E-state index in [1.807, 2.05) is 0 Å². The lowest BCUT2D eigenvalue weighted by atomic mass is 10.0. The minimum Gasteiger partial charge on any atom is -0.366 e. The molecule has 0 saturated heterocycles. The van der Waals surface area contributed by atoms with Crippen molar-refractivity contribution in [3.63, 3.8) is 0 Å². The van der Waals surface area contributed by atoms with E-state index in [0.717, 1.165) is 6.07 Å². The lowest BCUT2D eigenvalue weighted by Gasteiger charge is -2.17. The fourth-order valence-corrected chi connectivity index (χ4v) is 1.65. The number of hydrogen-bond acceptors (Lipinski definition) is 2. The summed E-state index contributed by atoms with van der Waals surface area (Å²) in [6.07, 6.45) is -5.76. The van der Waals surface area contributed by atoms with Crippen LogP contribution in [0.2, 0.25) is 0 Å². The zero-order valence-electron chi connectivity index (χ0n) is 10.6. The van der Waals surface area contributed by atoms with Crippen LogP contribution in [0.1, 0.15) is 37.5 Å². The third-order valence-electron chi connectivity index (χ3n) is 2.57. The van der Waals surface area contributed by atoms with Crippen molar-refractivity contribution < 1.29 is 27.1 Å². The molecule has 1 rings (SSSR count). The van der Waals surface area contributed by atoms with Crippen molar-refractivity contribution in [3.05, 3.63) is 35.1 Å². The molecule has 0 bridgehead atoms. The molecule has 0 N–H and O–H groups in total. The summed E-state index contributed by atoms with van der Waals surface area (Å²) in [5, 5.41) is 0. The Kier molecular flexibility index (Phi) is 5.05. The Hall–Kier alpha value is -1.43. The maximum absolute atomic E-state index is 13.2. The number of rotatable bonds is 5. The van der Waals surface area contributed by atoms with E-state index >= 15 is 0 Å². The van der Waals surface area contributed by atoms with Gasteiger partial charge in [-0.3, -0.25) is 4.79 Å². The number of hydrogen-bond donors (Lipinski definition) is 0. The summed E-state index contributed by atoms with van der Waals surface area (Å²) in [7, 11) is 0. The second kappa shape index (κ2) is 6.14. The highest BCUT2D eigenvalue weighted by Crippen LogP contribution is 2.33. The monoisotopic (exact) mass is 278 g/mol. The van der Waals surface area contributed by atoms with Crippen molar-refractivity contribution in [2.24, 2.45) is 0 Å². The average Bonchev–Trinajstić information content (AvgIpc) is 2.34. The van der Waals surface area contributed by atoms with E-state index in [9.17, 15) is 22.4 Å². The highest BCUT2D eigenvalue weighted by atomic mass is 19.4. The molecule has 0 saturated carbocycles. The Labute approximate surface area is 108 Å². The first-order valence-electron chi connectivity index (χ1n) is 5.82. The summed E-state index contributed by atoms with van der Waals surface area (Å²) in [6.45, 7) is 3.39. The highest BCUT2D eigenvalue weighted by molar-refractivity contribution is 5.84.